The SMILES string of the molecule is CC(CCl)Cc1ccc(C(F)(F)F)cc1. The fraction of sp³-hybridized carbons (Fsp3) is 0.455. The van der Waals surface area contributed by atoms with Crippen LogP contribution in [-0.4, -0.2) is 5.88 Å². The maximum absolute atomic E-state index is 12.2. The van der Waals surface area contributed by atoms with E-state index in [1.54, 1.807) is 0 Å². The highest BCUT2D eigenvalue weighted by Crippen LogP contribution is 2.29. The second-order valence-electron chi connectivity index (χ2n) is 3.66. The van der Waals surface area contributed by atoms with Crippen molar-refractivity contribution in [2.75, 3.05) is 5.88 Å². The summed E-state index contributed by atoms with van der Waals surface area (Å²) in [7, 11) is 0. The Balaban J connectivity index is 2.73. The maximum atomic E-state index is 12.2. The Hall–Kier alpha value is -0.700. The number of halogens is 4. The van der Waals surface area contributed by atoms with Crippen molar-refractivity contribution in [2.24, 2.45) is 5.92 Å². The Morgan fingerprint density at radius 1 is 1.20 bits per heavy atom. The van der Waals surface area contributed by atoms with E-state index < -0.39 is 11.7 Å². The van der Waals surface area contributed by atoms with Gasteiger partial charge in [-0.25, -0.2) is 0 Å². The van der Waals surface area contributed by atoms with Crippen LogP contribution in [0.25, 0.3) is 0 Å². The van der Waals surface area contributed by atoms with Crippen LogP contribution < -0.4 is 0 Å². The van der Waals surface area contributed by atoms with Crippen molar-refractivity contribution in [3.05, 3.63) is 35.4 Å². The lowest BCUT2D eigenvalue weighted by molar-refractivity contribution is -0.137. The molecule has 0 N–H and O–H groups in total. The molecule has 0 radical (unpaired) electrons. The highest BCUT2D eigenvalue weighted by atomic mass is 35.5. The highest BCUT2D eigenvalue weighted by Gasteiger charge is 2.29. The molecule has 1 unspecified atom stereocenters. The van der Waals surface area contributed by atoms with Crippen molar-refractivity contribution >= 4 is 11.6 Å². The number of hydrogen-bond donors (Lipinski definition) is 0. The largest absolute Gasteiger partial charge is 0.416 e. The van der Waals surface area contributed by atoms with Gasteiger partial charge in [-0.15, -0.1) is 11.6 Å². The Labute approximate surface area is 92.1 Å². The molecule has 0 saturated carbocycles. The van der Waals surface area contributed by atoms with Gasteiger partial charge in [-0.3, -0.25) is 0 Å². The van der Waals surface area contributed by atoms with Crippen LogP contribution in [0.15, 0.2) is 24.3 Å². The molecule has 0 amide bonds. The van der Waals surface area contributed by atoms with E-state index in [2.05, 4.69) is 0 Å². The van der Waals surface area contributed by atoms with Gasteiger partial charge in [0.15, 0.2) is 0 Å². The molecule has 1 rings (SSSR count). The summed E-state index contributed by atoms with van der Waals surface area (Å²) in [6.07, 6.45) is -3.54. The van der Waals surface area contributed by atoms with Gasteiger partial charge in [0.25, 0.3) is 0 Å². The zero-order chi connectivity index (χ0) is 11.5. The second-order valence-corrected chi connectivity index (χ2v) is 3.97. The predicted octanol–water partition coefficient (Wildman–Crippen LogP) is 4.12. The van der Waals surface area contributed by atoms with Crippen LogP contribution in [0.4, 0.5) is 13.2 Å². The van der Waals surface area contributed by atoms with Crippen LogP contribution in [0, 0.1) is 5.92 Å². The molecule has 0 fully saturated rings. The third-order valence-electron chi connectivity index (χ3n) is 2.13. The van der Waals surface area contributed by atoms with Crippen LogP contribution in [0.5, 0.6) is 0 Å². The summed E-state index contributed by atoms with van der Waals surface area (Å²) < 4.78 is 36.7. The van der Waals surface area contributed by atoms with Crippen molar-refractivity contribution in [2.45, 2.75) is 19.5 Å². The molecular formula is C11H12ClF3. The zero-order valence-electron chi connectivity index (χ0n) is 8.31. The molecule has 0 nitrogen and oxygen atoms in total. The van der Waals surface area contributed by atoms with Gasteiger partial charge in [-0.2, -0.15) is 13.2 Å². The van der Waals surface area contributed by atoms with Gasteiger partial charge in [0.05, 0.1) is 5.56 Å². The highest BCUT2D eigenvalue weighted by molar-refractivity contribution is 6.18. The summed E-state index contributed by atoms with van der Waals surface area (Å²) in [5, 5.41) is 0. The van der Waals surface area contributed by atoms with Crippen LogP contribution in [0.2, 0.25) is 0 Å². The standard InChI is InChI=1S/C11H12ClF3/c1-8(7-12)6-9-2-4-10(5-3-9)11(13,14)15/h2-5,8H,6-7H2,1H3. The van der Waals surface area contributed by atoms with Crippen LogP contribution in [-0.2, 0) is 12.6 Å². The van der Waals surface area contributed by atoms with Crippen molar-refractivity contribution in [3.63, 3.8) is 0 Å². The van der Waals surface area contributed by atoms with Crippen molar-refractivity contribution in [3.8, 4) is 0 Å². The Morgan fingerprint density at radius 2 is 1.73 bits per heavy atom. The average molecular weight is 237 g/mol. The molecule has 0 aromatic heterocycles. The Morgan fingerprint density at radius 3 is 2.13 bits per heavy atom. The van der Waals surface area contributed by atoms with Gasteiger partial charge in [-0.1, -0.05) is 19.1 Å². The lowest BCUT2D eigenvalue weighted by Gasteiger charge is -2.09. The number of rotatable bonds is 3. The van der Waals surface area contributed by atoms with E-state index in [1.165, 1.54) is 12.1 Å². The minimum absolute atomic E-state index is 0.281. The van der Waals surface area contributed by atoms with Crippen LogP contribution in [0.1, 0.15) is 18.1 Å². The molecule has 0 aliphatic rings. The Bertz CT molecular complexity index is 303. The minimum Gasteiger partial charge on any atom is -0.166 e. The lowest BCUT2D eigenvalue weighted by Crippen LogP contribution is -2.05. The van der Waals surface area contributed by atoms with Gasteiger partial charge in [0.2, 0.25) is 0 Å². The van der Waals surface area contributed by atoms with E-state index in [0.717, 1.165) is 17.7 Å². The lowest BCUT2D eigenvalue weighted by atomic mass is 10.0. The summed E-state index contributed by atoms with van der Waals surface area (Å²) in [6.45, 7) is 1.96. The summed E-state index contributed by atoms with van der Waals surface area (Å²) in [6, 6.07) is 5.23. The summed E-state index contributed by atoms with van der Waals surface area (Å²) in [5.74, 6) is 0.796. The summed E-state index contributed by atoms with van der Waals surface area (Å²) in [4.78, 5) is 0. The van der Waals surface area contributed by atoms with Crippen molar-refractivity contribution in [1.82, 2.24) is 0 Å². The second kappa shape index (κ2) is 4.88. The molecule has 0 aliphatic carbocycles. The van der Waals surface area contributed by atoms with E-state index in [4.69, 9.17) is 11.6 Å². The fourth-order valence-electron chi connectivity index (χ4n) is 1.29. The van der Waals surface area contributed by atoms with Gasteiger partial charge in [0.1, 0.15) is 0 Å². The van der Waals surface area contributed by atoms with E-state index in [9.17, 15) is 13.2 Å². The smallest absolute Gasteiger partial charge is 0.166 e. The molecule has 0 aliphatic heterocycles. The predicted molar refractivity (Wildman–Crippen MR) is 55.0 cm³/mol. The third kappa shape index (κ3) is 3.74. The number of alkyl halides is 4. The Kier molecular flexibility index (Phi) is 4.03. The van der Waals surface area contributed by atoms with Crippen molar-refractivity contribution < 1.29 is 13.2 Å². The topological polar surface area (TPSA) is 0 Å². The summed E-state index contributed by atoms with van der Waals surface area (Å²) in [5.41, 5.74) is 0.279. The molecule has 1 atom stereocenters. The molecule has 1 aromatic rings. The van der Waals surface area contributed by atoms with E-state index in [1.807, 2.05) is 6.92 Å². The molecule has 0 bridgehead atoms. The van der Waals surface area contributed by atoms with Gasteiger partial charge >= 0.3 is 6.18 Å². The van der Waals surface area contributed by atoms with Crippen molar-refractivity contribution in [1.29, 1.82) is 0 Å². The zero-order valence-corrected chi connectivity index (χ0v) is 9.07. The minimum atomic E-state index is -4.25. The fourth-order valence-corrected chi connectivity index (χ4v) is 1.40. The summed E-state index contributed by atoms with van der Waals surface area (Å²) >= 11 is 5.63. The van der Waals surface area contributed by atoms with E-state index >= 15 is 0 Å². The molecule has 15 heavy (non-hydrogen) atoms. The van der Waals surface area contributed by atoms with Gasteiger partial charge in [-0.05, 0) is 30.0 Å². The molecular weight excluding hydrogens is 225 g/mol. The van der Waals surface area contributed by atoms with E-state index in [0.29, 0.717) is 12.3 Å². The molecule has 1 aromatic carbocycles. The first kappa shape index (κ1) is 12.4. The number of benzene rings is 1. The number of hydrogen-bond acceptors (Lipinski definition) is 0. The monoisotopic (exact) mass is 236 g/mol. The first-order valence-electron chi connectivity index (χ1n) is 4.65. The quantitative estimate of drug-likeness (QED) is 0.693. The molecule has 0 saturated heterocycles. The molecule has 0 heterocycles. The van der Waals surface area contributed by atoms with E-state index in [-0.39, 0.29) is 5.92 Å². The normalized spacial score (nSPS) is 13.9. The van der Waals surface area contributed by atoms with Crippen LogP contribution >= 0.6 is 11.6 Å². The first-order chi connectivity index (χ1) is 6.93. The maximum Gasteiger partial charge on any atom is 0.416 e. The molecule has 0 spiro atoms. The van der Waals surface area contributed by atoms with Crippen LogP contribution in [0.3, 0.4) is 0 Å². The third-order valence-corrected chi connectivity index (χ3v) is 2.66. The first-order valence-corrected chi connectivity index (χ1v) is 5.19. The van der Waals surface area contributed by atoms with Gasteiger partial charge < -0.3 is 0 Å². The average Bonchev–Trinajstić information content (AvgIpc) is 2.17. The molecule has 4 heteroatoms. The van der Waals surface area contributed by atoms with Gasteiger partial charge in [0, 0.05) is 5.88 Å². The molecule has 84 valence electrons.